The highest BCUT2D eigenvalue weighted by atomic mass is 16.2. The number of carbonyl (C=O) groups excluding carboxylic acids is 4. The van der Waals surface area contributed by atoms with E-state index in [1.807, 2.05) is 0 Å². The molecule has 1 saturated carbocycles. The molecule has 2 fully saturated rings. The minimum absolute atomic E-state index is 0.220. The summed E-state index contributed by atoms with van der Waals surface area (Å²) < 4.78 is 0. The van der Waals surface area contributed by atoms with Crippen molar-refractivity contribution in [2.24, 2.45) is 17.6 Å². The smallest absolute Gasteiger partial charge is 0.338 e. The second-order valence-electron chi connectivity index (χ2n) is 5.52. The molecule has 7 nitrogen and oxygen atoms in total. The van der Waals surface area contributed by atoms with Crippen molar-refractivity contribution in [1.82, 2.24) is 4.90 Å². The number of anilines is 1. The van der Waals surface area contributed by atoms with Crippen LogP contribution in [0.5, 0.6) is 0 Å². The van der Waals surface area contributed by atoms with Crippen molar-refractivity contribution in [2.75, 3.05) is 11.4 Å². The Bertz CT molecular complexity index is 654. The first-order valence-electron chi connectivity index (χ1n) is 7.04. The average Bonchev–Trinajstić information content (AvgIpc) is 3.28. The Hall–Kier alpha value is -2.70. The van der Waals surface area contributed by atoms with Gasteiger partial charge in [-0.15, -0.1) is 0 Å². The van der Waals surface area contributed by atoms with Gasteiger partial charge >= 0.3 is 6.03 Å². The van der Waals surface area contributed by atoms with Crippen LogP contribution in [0, 0.1) is 11.8 Å². The number of imide groups is 2. The maximum Gasteiger partial charge on any atom is 0.338 e. The first kappa shape index (κ1) is 14.2. The highest BCUT2D eigenvalue weighted by Gasteiger charge is 2.50. The highest BCUT2D eigenvalue weighted by molar-refractivity contribution is 6.34. The van der Waals surface area contributed by atoms with Crippen LogP contribution in [0.25, 0.3) is 0 Å². The summed E-state index contributed by atoms with van der Waals surface area (Å²) in [5.74, 6) is -4.14. The van der Waals surface area contributed by atoms with Gasteiger partial charge in [0, 0.05) is 6.54 Å². The van der Waals surface area contributed by atoms with Crippen molar-refractivity contribution < 1.29 is 19.2 Å². The first-order chi connectivity index (χ1) is 10.5. The second kappa shape index (κ2) is 5.25. The zero-order valence-electron chi connectivity index (χ0n) is 11.8. The Kier molecular flexibility index (Phi) is 3.40. The molecule has 1 aliphatic carbocycles. The molecule has 1 heterocycles. The van der Waals surface area contributed by atoms with E-state index in [0.717, 1.165) is 22.6 Å². The lowest BCUT2D eigenvalue weighted by Gasteiger charge is -2.35. The quantitative estimate of drug-likeness (QED) is 0.818. The van der Waals surface area contributed by atoms with Gasteiger partial charge in [0.05, 0.1) is 5.69 Å². The number of nitrogens with two attached hydrogens (primary N) is 1. The van der Waals surface area contributed by atoms with Crippen molar-refractivity contribution in [3.63, 3.8) is 0 Å². The van der Waals surface area contributed by atoms with Crippen LogP contribution >= 0.6 is 0 Å². The fraction of sp³-hybridized carbons (Fsp3) is 0.333. The summed E-state index contributed by atoms with van der Waals surface area (Å²) in [5, 5.41) is 0. The molecule has 2 N–H and O–H groups in total. The Labute approximate surface area is 126 Å². The molecular weight excluding hydrogens is 286 g/mol. The van der Waals surface area contributed by atoms with Gasteiger partial charge in [0.25, 0.3) is 11.8 Å². The first-order valence-corrected chi connectivity index (χ1v) is 7.04. The van der Waals surface area contributed by atoms with E-state index in [1.165, 1.54) is 0 Å². The minimum atomic E-state index is -1.64. The summed E-state index contributed by atoms with van der Waals surface area (Å²) >= 11 is 0. The van der Waals surface area contributed by atoms with E-state index in [0.29, 0.717) is 5.69 Å². The molecule has 0 radical (unpaired) electrons. The lowest BCUT2D eigenvalue weighted by molar-refractivity contribution is -0.146. The van der Waals surface area contributed by atoms with E-state index in [-0.39, 0.29) is 12.5 Å². The Morgan fingerprint density at radius 2 is 1.73 bits per heavy atom. The van der Waals surface area contributed by atoms with Crippen LogP contribution < -0.4 is 10.6 Å². The van der Waals surface area contributed by atoms with Gasteiger partial charge in [0.1, 0.15) is 0 Å². The second-order valence-corrected chi connectivity index (χ2v) is 5.52. The highest BCUT2D eigenvalue weighted by Crippen LogP contribution is 2.32. The van der Waals surface area contributed by atoms with Crippen LogP contribution in [-0.4, -0.2) is 35.2 Å². The summed E-state index contributed by atoms with van der Waals surface area (Å²) in [4.78, 5) is 50.6. The van der Waals surface area contributed by atoms with E-state index < -0.39 is 29.7 Å². The van der Waals surface area contributed by atoms with Crippen LogP contribution in [0.1, 0.15) is 12.8 Å². The summed E-state index contributed by atoms with van der Waals surface area (Å²) in [6.45, 7) is 0.220. The summed E-state index contributed by atoms with van der Waals surface area (Å²) in [6.07, 6.45) is 1.86. The number of rotatable bonds is 4. The van der Waals surface area contributed by atoms with E-state index in [1.54, 1.807) is 30.3 Å². The van der Waals surface area contributed by atoms with Crippen molar-refractivity contribution in [3.8, 4) is 0 Å². The molecule has 2 aliphatic rings. The van der Waals surface area contributed by atoms with Gasteiger partial charge < -0.3 is 5.73 Å². The lowest BCUT2D eigenvalue weighted by Crippen LogP contribution is -2.63. The van der Waals surface area contributed by atoms with Gasteiger partial charge in [-0.25, -0.2) is 9.69 Å². The van der Waals surface area contributed by atoms with Crippen LogP contribution in [0.3, 0.4) is 0 Å². The molecule has 1 atom stereocenters. The predicted molar refractivity (Wildman–Crippen MR) is 76.4 cm³/mol. The van der Waals surface area contributed by atoms with E-state index in [2.05, 4.69) is 0 Å². The zero-order chi connectivity index (χ0) is 15.9. The van der Waals surface area contributed by atoms with E-state index in [9.17, 15) is 19.2 Å². The van der Waals surface area contributed by atoms with Crippen LogP contribution in [0.2, 0.25) is 0 Å². The molecule has 114 valence electrons. The number of amides is 5. The maximum absolute atomic E-state index is 12.5. The standard InChI is InChI=1S/C15H15N3O4/c16-12(19)11-13(20)17(8-9-6-7-9)15(22)18(14(11)21)10-4-2-1-3-5-10/h1-5,9,11H,6-8H2,(H2,16,19). The monoisotopic (exact) mass is 301 g/mol. The van der Waals surface area contributed by atoms with Gasteiger partial charge in [0.2, 0.25) is 5.91 Å². The number of para-hydroxylation sites is 1. The number of carbonyl (C=O) groups is 4. The molecule has 1 aromatic rings. The Balaban J connectivity index is 2.00. The van der Waals surface area contributed by atoms with Crippen molar-refractivity contribution in [3.05, 3.63) is 30.3 Å². The molecule has 0 bridgehead atoms. The number of barbiturate groups is 1. The fourth-order valence-corrected chi connectivity index (χ4v) is 2.48. The van der Waals surface area contributed by atoms with E-state index >= 15 is 0 Å². The number of benzene rings is 1. The summed E-state index contributed by atoms with van der Waals surface area (Å²) in [6, 6.07) is 7.48. The normalized spacial score (nSPS) is 22.2. The van der Waals surface area contributed by atoms with Gasteiger partial charge in [-0.2, -0.15) is 0 Å². The molecule has 22 heavy (non-hydrogen) atoms. The number of primary amides is 1. The number of nitrogens with zero attached hydrogens (tertiary/aromatic N) is 2. The third-order valence-corrected chi connectivity index (χ3v) is 3.84. The summed E-state index contributed by atoms with van der Waals surface area (Å²) in [7, 11) is 0. The molecule has 5 amide bonds. The van der Waals surface area contributed by atoms with Crippen molar-refractivity contribution in [1.29, 1.82) is 0 Å². The molecule has 1 aliphatic heterocycles. The van der Waals surface area contributed by atoms with Gasteiger partial charge in [-0.05, 0) is 30.9 Å². The lowest BCUT2D eigenvalue weighted by atomic mass is 10.0. The van der Waals surface area contributed by atoms with Crippen LogP contribution in [-0.2, 0) is 14.4 Å². The van der Waals surface area contributed by atoms with Crippen molar-refractivity contribution in [2.45, 2.75) is 12.8 Å². The SMILES string of the molecule is NC(=O)C1C(=O)N(CC2CC2)C(=O)N(c2ccccc2)C1=O. The van der Waals surface area contributed by atoms with Gasteiger partial charge in [-0.3, -0.25) is 19.3 Å². The third kappa shape index (κ3) is 2.34. The predicted octanol–water partition coefficient (Wildman–Crippen LogP) is 0.493. The minimum Gasteiger partial charge on any atom is -0.369 e. The summed E-state index contributed by atoms with van der Waals surface area (Å²) in [5.41, 5.74) is 5.51. The third-order valence-electron chi connectivity index (χ3n) is 3.84. The van der Waals surface area contributed by atoms with Gasteiger partial charge in [0.15, 0.2) is 5.92 Å². The largest absolute Gasteiger partial charge is 0.369 e. The number of urea groups is 1. The molecular formula is C15H15N3O4. The molecule has 7 heteroatoms. The fourth-order valence-electron chi connectivity index (χ4n) is 2.48. The Morgan fingerprint density at radius 3 is 2.27 bits per heavy atom. The molecule has 1 aromatic carbocycles. The molecule has 3 rings (SSSR count). The van der Waals surface area contributed by atoms with Crippen LogP contribution in [0.4, 0.5) is 10.5 Å². The number of hydrogen-bond donors (Lipinski definition) is 1. The van der Waals surface area contributed by atoms with Gasteiger partial charge in [-0.1, -0.05) is 18.2 Å². The molecule has 0 aromatic heterocycles. The van der Waals surface area contributed by atoms with Crippen LogP contribution in [0.15, 0.2) is 30.3 Å². The average molecular weight is 301 g/mol. The van der Waals surface area contributed by atoms with E-state index in [4.69, 9.17) is 5.73 Å². The molecule has 1 unspecified atom stereocenters. The zero-order valence-corrected chi connectivity index (χ0v) is 11.8. The topological polar surface area (TPSA) is 101 Å². The molecule has 0 spiro atoms. The maximum atomic E-state index is 12.5. The Morgan fingerprint density at radius 1 is 1.09 bits per heavy atom. The molecule has 1 saturated heterocycles. The number of hydrogen-bond acceptors (Lipinski definition) is 4. The van der Waals surface area contributed by atoms with Crippen molar-refractivity contribution >= 4 is 29.4 Å².